The van der Waals surface area contributed by atoms with Crippen LogP contribution in [0.3, 0.4) is 0 Å². The largest absolute Gasteiger partial charge is 0.380 e. The Hall–Kier alpha value is -0.930. The lowest BCUT2D eigenvalue weighted by Crippen LogP contribution is -2.56. The van der Waals surface area contributed by atoms with Crippen LogP contribution in [0.2, 0.25) is 5.02 Å². The molecule has 2 aliphatic rings. The van der Waals surface area contributed by atoms with Gasteiger partial charge in [-0.3, -0.25) is 0 Å². The Labute approximate surface area is 94.4 Å². The second-order valence-electron chi connectivity index (χ2n) is 4.07. The highest BCUT2D eigenvalue weighted by Gasteiger charge is 2.28. The van der Waals surface area contributed by atoms with E-state index in [4.69, 9.17) is 11.6 Å². The van der Waals surface area contributed by atoms with Gasteiger partial charge in [-0.2, -0.15) is 0 Å². The molecule has 1 fully saturated rings. The molecule has 0 aliphatic carbocycles. The standard InChI is InChI=1S/C11H14ClN3/c12-9-2-1-3-10-11(9)14-7-8-6-13-4-5-15(8)10/h1-3,8,13-14H,4-7H2. The minimum absolute atomic E-state index is 0.560. The van der Waals surface area contributed by atoms with Crippen LogP contribution in [-0.4, -0.2) is 32.2 Å². The van der Waals surface area contributed by atoms with Crippen molar-refractivity contribution in [3.8, 4) is 0 Å². The fourth-order valence-corrected chi connectivity index (χ4v) is 2.64. The monoisotopic (exact) mass is 223 g/mol. The molecule has 4 heteroatoms. The van der Waals surface area contributed by atoms with Gasteiger partial charge in [0.2, 0.25) is 0 Å². The number of anilines is 2. The Morgan fingerprint density at radius 1 is 1.33 bits per heavy atom. The first kappa shape index (κ1) is 9.31. The van der Waals surface area contributed by atoms with E-state index in [2.05, 4.69) is 21.6 Å². The molecule has 2 N–H and O–H groups in total. The third-order valence-corrected chi connectivity index (χ3v) is 3.48. The Bertz CT molecular complexity index is 380. The highest BCUT2D eigenvalue weighted by atomic mass is 35.5. The van der Waals surface area contributed by atoms with Crippen molar-refractivity contribution in [1.29, 1.82) is 0 Å². The average Bonchev–Trinajstić information content (AvgIpc) is 2.29. The lowest BCUT2D eigenvalue weighted by Gasteiger charge is -2.43. The van der Waals surface area contributed by atoms with Crippen molar-refractivity contribution < 1.29 is 0 Å². The van der Waals surface area contributed by atoms with E-state index in [9.17, 15) is 0 Å². The van der Waals surface area contributed by atoms with Crippen molar-refractivity contribution in [2.24, 2.45) is 0 Å². The molecule has 0 saturated carbocycles. The zero-order chi connectivity index (χ0) is 10.3. The molecule has 3 nitrogen and oxygen atoms in total. The summed E-state index contributed by atoms with van der Waals surface area (Å²) in [5, 5.41) is 7.65. The van der Waals surface area contributed by atoms with E-state index >= 15 is 0 Å². The normalized spacial score (nSPS) is 24.1. The Morgan fingerprint density at radius 2 is 2.27 bits per heavy atom. The number of halogens is 1. The summed E-state index contributed by atoms with van der Waals surface area (Å²) in [6.45, 7) is 4.16. The maximum atomic E-state index is 6.17. The van der Waals surface area contributed by atoms with Crippen molar-refractivity contribution in [2.45, 2.75) is 6.04 Å². The van der Waals surface area contributed by atoms with Crippen LogP contribution in [0.1, 0.15) is 0 Å². The molecule has 0 aromatic heterocycles. The van der Waals surface area contributed by atoms with Gasteiger partial charge in [0.05, 0.1) is 22.4 Å². The molecule has 0 amide bonds. The SMILES string of the molecule is Clc1cccc2c1NCC1CNCCN21. The number of nitrogens with zero attached hydrogens (tertiary/aromatic N) is 1. The molecule has 2 aliphatic heterocycles. The number of piperazine rings is 1. The van der Waals surface area contributed by atoms with E-state index in [-0.39, 0.29) is 0 Å². The molecule has 0 spiro atoms. The maximum Gasteiger partial charge on any atom is 0.0768 e. The van der Waals surface area contributed by atoms with Crippen molar-refractivity contribution in [3.05, 3.63) is 23.2 Å². The third kappa shape index (κ3) is 1.46. The number of hydrogen-bond donors (Lipinski definition) is 2. The average molecular weight is 224 g/mol. The van der Waals surface area contributed by atoms with E-state index in [1.54, 1.807) is 0 Å². The zero-order valence-electron chi connectivity index (χ0n) is 8.46. The van der Waals surface area contributed by atoms with Crippen LogP contribution < -0.4 is 15.5 Å². The fraction of sp³-hybridized carbons (Fsp3) is 0.455. The Kier molecular flexibility index (Phi) is 2.22. The highest BCUT2D eigenvalue weighted by molar-refractivity contribution is 6.34. The maximum absolute atomic E-state index is 6.17. The Balaban J connectivity index is 2.03. The molecule has 0 bridgehead atoms. The number of benzene rings is 1. The summed E-state index contributed by atoms with van der Waals surface area (Å²) in [5.74, 6) is 0. The molecule has 1 saturated heterocycles. The van der Waals surface area contributed by atoms with E-state index in [1.807, 2.05) is 12.1 Å². The van der Waals surface area contributed by atoms with E-state index in [1.165, 1.54) is 5.69 Å². The quantitative estimate of drug-likeness (QED) is 0.699. The topological polar surface area (TPSA) is 27.3 Å². The fourth-order valence-electron chi connectivity index (χ4n) is 2.41. The van der Waals surface area contributed by atoms with Gasteiger partial charge in [-0.05, 0) is 12.1 Å². The van der Waals surface area contributed by atoms with Gasteiger partial charge in [0.25, 0.3) is 0 Å². The van der Waals surface area contributed by atoms with Gasteiger partial charge >= 0.3 is 0 Å². The molecule has 15 heavy (non-hydrogen) atoms. The number of nitrogens with one attached hydrogen (secondary N) is 2. The predicted molar refractivity (Wildman–Crippen MR) is 63.9 cm³/mol. The first-order valence-corrected chi connectivity index (χ1v) is 5.74. The van der Waals surface area contributed by atoms with Gasteiger partial charge in [-0.1, -0.05) is 17.7 Å². The molecule has 0 radical (unpaired) electrons. The smallest absolute Gasteiger partial charge is 0.0768 e. The first-order chi connectivity index (χ1) is 7.36. The molecule has 1 atom stereocenters. The molecular weight excluding hydrogens is 210 g/mol. The van der Waals surface area contributed by atoms with Crippen LogP contribution in [0.5, 0.6) is 0 Å². The van der Waals surface area contributed by atoms with Crippen LogP contribution in [0.25, 0.3) is 0 Å². The lowest BCUT2D eigenvalue weighted by atomic mass is 10.1. The zero-order valence-corrected chi connectivity index (χ0v) is 9.22. The molecule has 1 aromatic rings. The number of para-hydroxylation sites is 1. The first-order valence-electron chi connectivity index (χ1n) is 5.36. The summed E-state index contributed by atoms with van der Waals surface area (Å²) in [5.41, 5.74) is 2.34. The van der Waals surface area contributed by atoms with E-state index < -0.39 is 0 Å². The molecule has 80 valence electrons. The van der Waals surface area contributed by atoms with Crippen molar-refractivity contribution >= 4 is 23.0 Å². The minimum atomic E-state index is 0.560. The van der Waals surface area contributed by atoms with E-state index in [0.29, 0.717) is 6.04 Å². The molecule has 2 heterocycles. The van der Waals surface area contributed by atoms with Gasteiger partial charge < -0.3 is 15.5 Å². The number of fused-ring (bicyclic) bond motifs is 3. The predicted octanol–water partition coefficient (Wildman–Crippen LogP) is 1.54. The van der Waals surface area contributed by atoms with Gasteiger partial charge in [-0.15, -0.1) is 0 Å². The molecular formula is C11H14ClN3. The molecule has 1 aromatic carbocycles. The van der Waals surface area contributed by atoms with Crippen LogP contribution in [0.4, 0.5) is 11.4 Å². The summed E-state index contributed by atoms with van der Waals surface area (Å²) in [6, 6.07) is 6.67. The summed E-state index contributed by atoms with van der Waals surface area (Å²) >= 11 is 6.17. The number of hydrogen-bond acceptors (Lipinski definition) is 3. The molecule has 3 rings (SSSR count). The van der Waals surface area contributed by atoms with Gasteiger partial charge in [0.1, 0.15) is 0 Å². The molecule has 1 unspecified atom stereocenters. The van der Waals surface area contributed by atoms with Crippen LogP contribution in [-0.2, 0) is 0 Å². The third-order valence-electron chi connectivity index (χ3n) is 3.17. The van der Waals surface area contributed by atoms with E-state index in [0.717, 1.165) is 36.9 Å². The summed E-state index contributed by atoms with van der Waals surface area (Å²) in [6.07, 6.45) is 0. The Morgan fingerprint density at radius 3 is 3.20 bits per heavy atom. The summed E-state index contributed by atoms with van der Waals surface area (Å²) in [4.78, 5) is 2.45. The lowest BCUT2D eigenvalue weighted by molar-refractivity contribution is 0.482. The van der Waals surface area contributed by atoms with Crippen LogP contribution >= 0.6 is 11.6 Å². The summed E-state index contributed by atoms with van der Waals surface area (Å²) < 4.78 is 0. The second kappa shape index (κ2) is 3.58. The highest BCUT2D eigenvalue weighted by Crippen LogP contribution is 2.37. The minimum Gasteiger partial charge on any atom is -0.380 e. The van der Waals surface area contributed by atoms with Crippen molar-refractivity contribution in [3.63, 3.8) is 0 Å². The van der Waals surface area contributed by atoms with Gasteiger partial charge in [-0.25, -0.2) is 0 Å². The number of rotatable bonds is 0. The van der Waals surface area contributed by atoms with Crippen molar-refractivity contribution in [1.82, 2.24) is 5.32 Å². The van der Waals surface area contributed by atoms with Crippen molar-refractivity contribution in [2.75, 3.05) is 36.4 Å². The summed E-state index contributed by atoms with van der Waals surface area (Å²) in [7, 11) is 0. The van der Waals surface area contributed by atoms with Crippen LogP contribution in [0.15, 0.2) is 18.2 Å². The van der Waals surface area contributed by atoms with Gasteiger partial charge in [0, 0.05) is 26.2 Å². The van der Waals surface area contributed by atoms with Gasteiger partial charge in [0.15, 0.2) is 0 Å². The second-order valence-corrected chi connectivity index (χ2v) is 4.47. The van der Waals surface area contributed by atoms with Crippen LogP contribution in [0, 0.1) is 0 Å².